The molecule has 0 aliphatic heterocycles. The van der Waals surface area contributed by atoms with Crippen molar-refractivity contribution in [3.63, 3.8) is 0 Å². The summed E-state index contributed by atoms with van der Waals surface area (Å²) >= 11 is 3.50. The number of hydrogen-bond acceptors (Lipinski definition) is 1. The lowest BCUT2D eigenvalue weighted by Crippen LogP contribution is -2.01. The monoisotopic (exact) mass is 242 g/mol. The second-order valence-corrected chi connectivity index (χ2v) is 4.34. The normalized spacial score (nSPS) is 12.9. The topological polar surface area (TPSA) is 20.2 Å². The fourth-order valence-electron chi connectivity index (χ4n) is 1.26. The van der Waals surface area contributed by atoms with Crippen LogP contribution in [0.25, 0.3) is 0 Å². The molecule has 0 radical (unpaired) electrons. The fraction of sp³-hybridized carbons (Fsp3) is 0.455. The number of aliphatic hydroxyl groups is 1. The van der Waals surface area contributed by atoms with Gasteiger partial charge in [-0.2, -0.15) is 0 Å². The average Bonchev–Trinajstić information content (AvgIpc) is 2.06. The van der Waals surface area contributed by atoms with Gasteiger partial charge in [-0.15, -0.1) is 0 Å². The molecule has 0 aliphatic rings. The molecule has 0 fully saturated rings. The van der Waals surface area contributed by atoms with E-state index in [2.05, 4.69) is 41.1 Å². The predicted octanol–water partition coefficient (Wildman–Crippen LogP) is 3.07. The molecule has 0 aromatic heterocycles. The average molecular weight is 243 g/mol. The van der Waals surface area contributed by atoms with Crippen molar-refractivity contribution >= 4 is 15.9 Å². The lowest BCUT2D eigenvalue weighted by atomic mass is 10.1. The van der Waals surface area contributed by atoms with Crippen molar-refractivity contribution in [1.82, 2.24) is 0 Å². The van der Waals surface area contributed by atoms with Crippen LogP contribution < -0.4 is 0 Å². The first kappa shape index (κ1) is 10.7. The molecule has 1 aromatic rings. The summed E-state index contributed by atoms with van der Waals surface area (Å²) in [7, 11) is 0. The molecule has 1 rings (SSSR count). The van der Waals surface area contributed by atoms with Crippen molar-refractivity contribution in [2.75, 3.05) is 0 Å². The van der Waals surface area contributed by atoms with Gasteiger partial charge < -0.3 is 5.11 Å². The standard InChI is InChI=1S/C11H15BrO/c1-8-3-6-11(12)10(7-8)5-4-9(2)13/h3,6-7,9,13H,4-5H2,1-2H3. The first-order valence-electron chi connectivity index (χ1n) is 4.52. The van der Waals surface area contributed by atoms with Crippen LogP contribution in [0.5, 0.6) is 0 Å². The van der Waals surface area contributed by atoms with Crippen molar-refractivity contribution in [1.29, 1.82) is 0 Å². The SMILES string of the molecule is Cc1ccc(Br)c(CCC(C)O)c1. The third kappa shape index (κ3) is 3.49. The van der Waals surface area contributed by atoms with Gasteiger partial charge in [0.2, 0.25) is 0 Å². The molecule has 0 aliphatic carbocycles. The van der Waals surface area contributed by atoms with Gasteiger partial charge in [0.15, 0.2) is 0 Å². The van der Waals surface area contributed by atoms with Crippen molar-refractivity contribution in [2.45, 2.75) is 32.8 Å². The zero-order valence-corrected chi connectivity index (χ0v) is 9.63. The Kier molecular flexibility index (Phi) is 3.94. The van der Waals surface area contributed by atoms with Crippen molar-refractivity contribution in [2.24, 2.45) is 0 Å². The molecule has 1 N–H and O–H groups in total. The molecule has 1 unspecified atom stereocenters. The number of rotatable bonds is 3. The highest BCUT2D eigenvalue weighted by Crippen LogP contribution is 2.19. The first-order chi connectivity index (χ1) is 6.09. The highest BCUT2D eigenvalue weighted by atomic mass is 79.9. The van der Waals surface area contributed by atoms with E-state index in [1.807, 2.05) is 6.92 Å². The van der Waals surface area contributed by atoms with E-state index in [4.69, 9.17) is 5.11 Å². The maximum atomic E-state index is 9.16. The van der Waals surface area contributed by atoms with E-state index in [0.29, 0.717) is 0 Å². The molecule has 1 aromatic carbocycles. The summed E-state index contributed by atoms with van der Waals surface area (Å²) in [4.78, 5) is 0. The van der Waals surface area contributed by atoms with Gasteiger partial charge in [0.1, 0.15) is 0 Å². The van der Waals surface area contributed by atoms with E-state index >= 15 is 0 Å². The number of benzene rings is 1. The van der Waals surface area contributed by atoms with Crippen LogP contribution in [0.2, 0.25) is 0 Å². The third-order valence-electron chi connectivity index (χ3n) is 2.03. The predicted molar refractivity (Wildman–Crippen MR) is 58.9 cm³/mol. The molecule has 0 amide bonds. The Morgan fingerprint density at radius 2 is 2.15 bits per heavy atom. The van der Waals surface area contributed by atoms with Gasteiger partial charge in [0, 0.05) is 4.47 Å². The second-order valence-electron chi connectivity index (χ2n) is 3.48. The molecule has 0 saturated heterocycles. The molecule has 1 atom stereocenters. The molecule has 72 valence electrons. The molecule has 0 saturated carbocycles. The first-order valence-corrected chi connectivity index (χ1v) is 5.32. The van der Waals surface area contributed by atoms with Gasteiger partial charge in [0.05, 0.1) is 6.10 Å². The molecule has 0 heterocycles. The van der Waals surface area contributed by atoms with Crippen LogP contribution in [-0.4, -0.2) is 11.2 Å². The highest BCUT2D eigenvalue weighted by molar-refractivity contribution is 9.10. The minimum Gasteiger partial charge on any atom is -0.393 e. The quantitative estimate of drug-likeness (QED) is 0.864. The van der Waals surface area contributed by atoms with Crippen LogP contribution in [0.3, 0.4) is 0 Å². The van der Waals surface area contributed by atoms with E-state index in [0.717, 1.165) is 17.3 Å². The number of aliphatic hydroxyl groups excluding tert-OH is 1. The molecular weight excluding hydrogens is 228 g/mol. The molecule has 0 spiro atoms. The summed E-state index contributed by atoms with van der Waals surface area (Å²) in [5, 5.41) is 9.16. The highest BCUT2D eigenvalue weighted by Gasteiger charge is 2.02. The summed E-state index contributed by atoms with van der Waals surface area (Å²) in [6, 6.07) is 6.30. The van der Waals surface area contributed by atoms with Crippen molar-refractivity contribution in [3.05, 3.63) is 33.8 Å². The molecular formula is C11H15BrO. The number of hydrogen-bond donors (Lipinski definition) is 1. The zero-order chi connectivity index (χ0) is 9.84. The third-order valence-corrected chi connectivity index (χ3v) is 2.81. The number of aryl methyl sites for hydroxylation is 2. The lowest BCUT2D eigenvalue weighted by Gasteiger charge is -2.07. The van der Waals surface area contributed by atoms with Gasteiger partial charge in [0.25, 0.3) is 0 Å². The van der Waals surface area contributed by atoms with Crippen LogP contribution >= 0.6 is 15.9 Å². The van der Waals surface area contributed by atoms with Gasteiger partial charge in [-0.25, -0.2) is 0 Å². The summed E-state index contributed by atoms with van der Waals surface area (Å²) in [6.07, 6.45) is 1.54. The molecule has 2 heteroatoms. The van der Waals surface area contributed by atoms with Gasteiger partial charge in [-0.3, -0.25) is 0 Å². The smallest absolute Gasteiger partial charge is 0.0515 e. The summed E-state index contributed by atoms with van der Waals surface area (Å²) in [5.74, 6) is 0. The summed E-state index contributed by atoms with van der Waals surface area (Å²) in [6.45, 7) is 3.90. The van der Waals surface area contributed by atoms with Gasteiger partial charge in [-0.05, 0) is 38.3 Å². The van der Waals surface area contributed by atoms with E-state index in [-0.39, 0.29) is 6.10 Å². The van der Waals surface area contributed by atoms with E-state index in [9.17, 15) is 0 Å². The van der Waals surface area contributed by atoms with Crippen LogP contribution in [0.4, 0.5) is 0 Å². The fourth-order valence-corrected chi connectivity index (χ4v) is 1.70. The van der Waals surface area contributed by atoms with E-state index < -0.39 is 0 Å². The van der Waals surface area contributed by atoms with Crippen LogP contribution in [0, 0.1) is 6.92 Å². The van der Waals surface area contributed by atoms with E-state index in [1.54, 1.807) is 0 Å². The summed E-state index contributed by atoms with van der Waals surface area (Å²) < 4.78 is 1.14. The molecule has 13 heavy (non-hydrogen) atoms. The van der Waals surface area contributed by atoms with Crippen LogP contribution in [-0.2, 0) is 6.42 Å². The minimum absolute atomic E-state index is 0.215. The Labute approximate surface area is 87.9 Å². The Balaban J connectivity index is 2.70. The van der Waals surface area contributed by atoms with Crippen molar-refractivity contribution < 1.29 is 5.11 Å². The van der Waals surface area contributed by atoms with Crippen LogP contribution in [0.1, 0.15) is 24.5 Å². The Morgan fingerprint density at radius 1 is 1.46 bits per heavy atom. The maximum Gasteiger partial charge on any atom is 0.0515 e. The Bertz CT molecular complexity index is 281. The second kappa shape index (κ2) is 4.77. The van der Waals surface area contributed by atoms with Gasteiger partial charge >= 0.3 is 0 Å². The van der Waals surface area contributed by atoms with Crippen LogP contribution in [0.15, 0.2) is 22.7 Å². The maximum absolute atomic E-state index is 9.16. The van der Waals surface area contributed by atoms with Gasteiger partial charge in [-0.1, -0.05) is 33.6 Å². The molecule has 1 nitrogen and oxygen atoms in total. The largest absolute Gasteiger partial charge is 0.393 e. The minimum atomic E-state index is -0.215. The zero-order valence-electron chi connectivity index (χ0n) is 8.05. The Morgan fingerprint density at radius 3 is 2.77 bits per heavy atom. The number of halogens is 1. The van der Waals surface area contributed by atoms with Crippen molar-refractivity contribution in [3.8, 4) is 0 Å². The molecule has 0 bridgehead atoms. The lowest BCUT2D eigenvalue weighted by molar-refractivity contribution is 0.185. The Hall–Kier alpha value is -0.340. The van der Waals surface area contributed by atoms with E-state index in [1.165, 1.54) is 11.1 Å². The summed E-state index contributed by atoms with van der Waals surface area (Å²) in [5.41, 5.74) is 2.55.